The van der Waals surface area contributed by atoms with Crippen molar-refractivity contribution in [3.05, 3.63) is 53.1 Å². The lowest BCUT2D eigenvalue weighted by molar-refractivity contribution is -0.191. The van der Waals surface area contributed by atoms with Crippen LogP contribution < -0.4 is 5.73 Å². The Bertz CT molecular complexity index is 737. The van der Waals surface area contributed by atoms with Gasteiger partial charge in [-0.15, -0.1) is 0 Å². The molecule has 0 bridgehead atoms. The Hall–Kier alpha value is -2.56. The van der Waals surface area contributed by atoms with E-state index in [0.717, 1.165) is 20.9 Å². The standard InChI is InChI=1S/C16H17NO2S.CO2/c1-10-5-7-14(13(17)8-10)20-15-9-11(2)4-6-12(15)16(18)19-3;2-1-3/h4-9H,17H2,1-3H3;. The third-order valence-electron chi connectivity index (χ3n) is 2.93. The number of aryl methyl sites for hydroxylation is 2. The number of hydrogen-bond acceptors (Lipinski definition) is 6. The fraction of sp³-hybridized carbons (Fsp3) is 0.176. The van der Waals surface area contributed by atoms with Crippen LogP contribution in [-0.4, -0.2) is 19.2 Å². The van der Waals surface area contributed by atoms with Gasteiger partial charge in [-0.2, -0.15) is 9.59 Å². The Morgan fingerprint density at radius 3 is 2.17 bits per heavy atom. The number of anilines is 1. The third kappa shape index (κ3) is 5.29. The lowest BCUT2D eigenvalue weighted by atomic mass is 10.1. The van der Waals surface area contributed by atoms with Gasteiger partial charge in [-0.1, -0.05) is 23.9 Å². The first kappa shape index (κ1) is 18.5. The minimum atomic E-state index is -0.335. The molecule has 0 heterocycles. The van der Waals surface area contributed by atoms with E-state index in [-0.39, 0.29) is 12.1 Å². The van der Waals surface area contributed by atoms with Crippen molar-refractivity contribution >= 4 is 29.6 Å². The Labute approximate surface area is 138 Å². The number of hydrogen-bond donors (Lipinski definition) is 1. The van der Waals surface area contributed by atoms with Gasteiger partial charge < -0.3 is 10.5 Å². The molecule has 2 aromatic carbocycles. The van der Waals surface area contributed by atoms with E-state index in [4.69, 9.17) is 20.1 Å². The minimum absolute atomic E-state index is 0.250. The second-order valence-electron chi connectivity index (χ2n) is 4.72. The summed E-state index contributed by atoms with van der Waals surface area (Å²) in [7, 11) is 1.39. The smallest absolute Gasteiger partial charge is 0.373 e. The first-order chi connectivity index (χ1) is 10.9. The van der Waals surface area contributed by atoms with E-state index < -0.39 is 0 Å². The highest BCUT2D eigenvalue weighted by atomic mass is 32.2. The molecule has 0 spiro atoms. The number of ether oxygens (including phenoxy) is 1. The number of esters is 1. The van der Waals surface area contributed by atoms with E-state index in [9.17, 15) is 4.79 Å². The van der Waals surface area contributed by atoms with Gasteiger partial charge in [-0.3, -0.25) is 0 Å². The number of nitrogens with two attached hydrogens (primary N) is 1. The van der Waals surface area contributed by atoms with E-state index in [1.54, 1.807) is 6.07 Å². The molecule has 23 heavy (non-hydrogen) atoms. The highest BCUT2D eigenvalue weighted by Crippen LogP contribution is 2.35. The molecule has 0 radical (unpaired) electrons. The van der Waals surface area contributed by atoms with Gasteiger partial charge in [0.2, 0.25) is 0 Å². The molecule has 0 aliphatic rings. The second-order valence-corrected chi connectivity index (χ2v) is 5.80. The fourth-order valence-corrected chi connectivity index (χ4v) is 2.93. The third-order valence-corrected chi connectivity index (χ3v) is 4.08. The Morgan fingerprint density at radius 1 is 1.04 bits per heavy atom. The minimum Gasteiger partial charge on any atom is -0.465 e. The molecule has 0 atom stereocenters. The molecule has 0 aromatic heterocycles. The molecule has 120 valence electrons. The van der Waals surface area contributed by atoms with Crippen molar-refractivity contribution in [1.82, 2.24) is 0 Å². The largest absolute Gasteiger partial charge is 0.465 e. The Balaban J connectivity index is 0.000000816. The number of methoxy groups -OCH3 is 1. The van der Waals surface area contributed by atoms with Gasteiger partial charge in [-0.25, -0.2) is 4.79 Å². The van der Waals surface area contributed by atoms with Crippen LogP contribution in [0.2, 0.25) is 0 Å². The summed E-state index contributed by atoms with van der Waals surface area (Å²) in [4.78, 5) is 29.8. The summed E-state index contributed by atoms with van der Waals surface area (Å²) in [5.74, 6) is -0.335. The number of carbonyl (C=O) groups excluding carboxylic acids is 3. The van der Waals surface area contributed by atoms with Gasteiger partial charge in [0.1, 0.15) is 0 Å². The number of rotatable bonds is 3. The van der Waals surface area contributed by atoms with Crippen LogP contribution in [-0.2, 0) is 14.3 Å². The molecular weight excluding hydrogens is 314 g/mol. The van der Waals surface area contributed by atoms with E-state index in [2.05, 4.69) is 0 Å². The molecule has 2 rings (SSSR count). The number of benzene rings is 2. The molecule has 0 saturated carbocycles. The zero-order chi connectivity index (χ0) is 17.4. The van der Waals surface area contributed by atoms with Crippen LogP contribution in [0.1, 0.15) is 21.5 Å². The predicted molar refractivity (Wildman–Crippen MR) is 87.2 cm³/mol. The molecule has 0 amide bonds. The second kappa shape index (κ2) is 8.78. The van der Waals surface area contributed by atoms with Crippen LogP contribution in [0, 0.1) is 13.8 Å². The summed E-state index contributed by atoms with van der Waals surface area (Å²) in [5, 5.41) is 0. The monoisotopic (exact) mass is 331 g/mol. The van der Waals surface area contributed by atoms with Crippen LogP contribution in [0.3, 0.4) is 0 Å². The predicted octanol–water partition coefficient (Wildman–Crippen LogP) is 3.24. The highest BCUT2D eigenvalue weighted by Gasteiger charge is 2.14. The molecule has 2 aromatic rings. The van der Waals surface area contributed by atoms with Crippen molar-refractivity contribution < 1.29 is 19.1 Å². The molecule has 6 heteroatoms. The number of nitrogen functional groups attached to an aromatic ring is 1. The Kier molecular flexibility index (Phi) is 7.06. The van der Waals surface area contributed by atoms with Gasteiger partial charge >= 0.3 is 12.1 Å². The maximum Gasteiger partial charge on any atom is 0.373 e. The molecule has 2 N–H and O–H groups in total. The summed E-state index contributed by atoms with van der Waals surface area (Å²) in [6.07, 6.45) is 0.250. The first-order valence-electron chi connectivity index (χ1n) is 6.65. The van der Waals surface area contributed by atoms with E-state index in [1.165, 1.54) is 18.9 Å². The maximum absolute atomic E-state index is 11.8. The van der Waals surface area contributed by atoms with Crippen molar-refractivity contribution in [3.8, 4) is 0 Å². The fourth-order valence-electron chi connectivity index (χ4n) is 1.87. The van der Waals surface area contributed by atoms with Gasteiger partial charge in [0.15, 0.2) is 0 Å². The van der Waals surface area contributed by atoms with Crippen LogP contribution in [0.5, 0.6) is 0 Å². The molecular formula is C17H17NO4S. The number of carbonyl (C=O) groups is 1. The maximum atomic E-state index is 11.8. The zero-order valence-corrected chi connectivity index (χ0v) is 13.9. The van der Waals surface area contributed by atoms with Crippen molar-refractivity contribution in [2.75, 3.05) is 12.8 Å². The molecule has 0 aliphatic carbocycles. The van der Waals surface area contributed by atoms with Gasteiger partial charge in [0.25, 0.3) is 0 Å². The molecule has 0 saturated heterocycles. The summed E-state index contributed by atoms with van der Waals surface area (Å²) in [6, 6.07) is 11.6. The first-order valence-corrected chi connectivity index (χ1v) is 7.46. The molecule has 5 nitrogen and oxygen atoms in total. The van der Waals surface area contributed by atoms with Crippen LogP contribution >= 0.6 is 11.8 Å². The summed E-state index contributed by atoms with van der Waals surface area (Å²) in [5.41, 5.74) is 9.51. The normalized spacial score (nSPS) is 9.35. The van der Waals surface area contributed by atoms with Gasteiger partial charge in [0.05, 0.1) is 12.7 Å². The topological polar surface area (TPSA) is 86.5 Å². The van der Waals surface area contributed by atoms with E-state index in [0.29, 0.717) is 11.3 Å². The van der Waals surface area contributed by atoms with Crippen molar-refractivity contribution in [3.63, 3.8) is 0 Å². The molecule has 0 unspecified atom stereocenters. The zero-order valence-electron chi connectivity index (χ0n) is 13.1. The summed E-state index contributed by atoms with van der Waals surface area (Å²) >= 11 is 1.48. The van der Waals surface area contributed by atoms with Gasteiger partial charge in [0, 0.05) is 15.5 Å². The Morgan fingerprint density at radius 2 is 1.61 bits per heavy atom. The summed E-state index contributed by atoms with van der Waals surface area (Å²) in [6.45, 7) is 3.99. The highest BCUT2D eigenvalue weighted by molar-refractivity contribution is 7.99. The SMILES string of the molecule is COC(=O)c1ccc(C)cc1Sc1ccc(C)cc1N.O=C=O. The van der Waals surface area contributed by atoms with Gasteiger partial charge in [-0.05, 0) is 49.2 Å². The van der Waals surface area contributed by atoms with Crippen LogP contribution in [0.15, 0.2) is 46.2 Å². The van der Waals surface area contributed by atoms with Crippen LogP contribution in [0.25, 0.3) is 0 Å². The van der Waals surface area contributed by atoms with E-state index >= 15 is 0 Å². The van der Waals surface area contributed by atoms with Crippen molar-refractivity contribution in [1.29, 1.82) is 0 Å². The summed E-state index contributed by atoms with van der Waals surface area (Å²) < 4.78 is 4.82. The average molecular weight is 331 g/mol. The van der Waals surface area contributed by atoms with Crippen molar-refractivity contribution in [2.24, 2.45) is 0 Å². The quantitative estimate of drug-likeness (QED) is 0.686. The lowest BCUT2D eigenvalue weighted by Crippen LogP contribution is -2.03. The molecule has 0 fully saturated rings. The van der Waals surface area contributed by atoms with E-state index in [1.807, 2.05) is 44.2 Å². The lowest BCUT2D eigenvalue weighted by Gasteiger charge is -2.10. The molecule has 0 aliphatic heterocycles. The van der Waals surface area contributed by atoms with Crippen LogP contribution in [0.4, 0.5) is 5.69 Å². The van der Waals surface area contributed by atoms with Crippen molar-refractivity contribution in [2.45, 2.75) is 23.6 Å². The average Bonchev–Trinajstić information content (AvgIpc) is 2.50.